The average molecular weight is 384 g/mol. The van der Waals surface area contributed by atoms with Gasteiger partial charge in [0.2, 0.25) is 0 Å². The highest BCUT2D eigenvalue weighted by Gasteiger charge is 2.43. The number of hydrogen-bond donors (Lipinski definition) is 2. The highest BCUT2D eigenvalue weighted by atomic mass is 35.5. The SMILES string of the molecule is COc1ccc(C2=CC(=O)N3NC(C)C(Cc4ccc(Cl)cc4)C3N2)cc1. The van der Waals surface area contributed by atoms with Crippen LogP contribution in [0.25, 0.3) is 5.70 Å². The summed E-state index contributed by atoms with van der Waals surface area (Å²) in [5.41, 5.74) is 6.31. The Morgan fingerprint density at radius 3 is 2.48 bits per heavy atom. The molecule has 0 radical (unpaired) electrons. The number of ether oxygens (including phenoxy) is 1. The van der Waals surface area contributed by atoms with Gasteiger partial charge in [0.05, 0.1) is 7.11 Å². The monoisotopic (exact) mass is 383 g/mol. The Hall–Kier alpha value is -2.50. The number of rotatable bonds is 4. The van der Waals surface area contributed by atoms with E-state index in [1.807, 2.05) is 48.5 Å². The van der Waals surface area contributed by atoms with Gasteiger partial charge in [0.25, 0.3) is 5.91 Å². The number of carbonyl (C=O) groups is 1. The van der Waals surface area contributed by atoms with Gasteiger partial charge in [-0.25, -0.2) is 5.43 Å². The molecule has 0 saturated carbocycles. The van der Waals surface area contributed by atoms with Crippen molar-refractivity contribution in [3.8, 4) is 5.75 Å². The van der Waals surface area contributed by atoms with E-state index < -0.39 is 0 Å². The summed E-state index contributed by atoms with van der Waals surface area (Å²) in [6.07, 6.45) is 2.39. The van der Waals surface area contributed by atoms with Gasteiger partial charge in [-0.05, 0) is 60.9 Å². The molecular weight excluding hydrogens is 362 g/mol. The number of fused-ring (bicyclic) bond motifs is 1. The van der Waals surface area contributed by atoms with Crippen LogP contribution in [0.3, 0.4) is 0 Å². The number of benzene rings is 2. The van der Waals surface area contributed by atoms with E-state index in [0.717, 1.165) is 28.5 Å². The predicted molar refractivity (Wildman–Crippen MR) is 106 cm³/mol. The number of hydrazine groups is 1. The molecule has 2 N–H and O–H groups in total. The average Bonchev–Trinajstić information content (AvgIpc) is 3.00. The number of nitrogens with one attached hydrogen (secondary N) is 2. The number of hydrogen-bond acceptors (Lipinski definition) is 4. The molecule has 6 heteroatoms. The van der Waals surface area contributed by atoms with Crippen LogP contribution >= 0.6 is 11.6 Å². The second-order valence-corrected chi connectivity index (χ2v) is 7.43. The summed E-state index contributed by atoms with van der Waals surface area (Å²) >= 11 is 6.00. The first-order valence-electron chi connectivity index (χ1n) is 9.01. The van der Waals surface area contributed by atoms with Gasteiger partial charge in [0, 0.05) is 28.8 Å². The summed E-state index contributed by atoms with van der Waals surface area (Å²) in [6, 6.07) is 15.8. The quantitative estimate of drug-likeness (QED) is 0.851. The zero-order valence-electron chi connectivity index (χ0n) is 15.3. The Labute approximate surface area is 163 Å². The molecule has 27 heavy (non-hydrogen) atoms. The van der Waals surface area contributed by atoms with Crippen molar-refractivity contribution >= 4 is 23.2 Å². The highest BCUT2D eigenvalue weighted by molar-refractivity contribution is 6.30. The van der Waals surface area contributed by atoms with Crippen molar-refractivity contribution < 1.29 is 9.53 Å². The fraction of sp³-hybridized carbons (Fsp3) is 0.286. The molecule has 2 aliphatic heterocycles. The van der Waals surface area contributed by atoms with Crippen LogP contribution in [0.15, 0.2) is 54.6 Å². The van der Waals surface area contributed by atoms with Crippen molar-refractivity contribution in [1.82, 2.24) is 15.8 Å². The lowest BCUT2D eigenvalue weighted by atomic mass is 9.91. The molecule has 140 valence electrons. The molecule has 0 bridgehead atoms. The van der Waals surface area contributed by atoms with Crippen molar-refractivity contribution in [3.05, 3.63) is 70.8 Å². The Balaban J connectivity index is 1.57. The fourth-order valence-electron chi connectivity index (χ4n) is 3.74. The summed E-state index contributed by atoms with van der Waals surface area (Å²) in [5, 5.41) is 5.99. The van der Waals surface area contributed by atoms with Gasteiger partial charge in [0.15, 0.2) is 0 Å². The van der Waals surface area contributed by atoms with Gasteiger partial charge in [-0.1, -0.05) is 23.7 Å². The van der Waals surface area contributed by atoms with Gasteiger partial charge in [0.1, 0.15) is 11.9 Å². The first kappa shape index (κ1) is 17.9. The molecule has 2 aromatic rings. The van der Waals surface area contributed by atoms with E-state index in [4.69, 9.17) is 16.3 Å². The lowest BCUT2D eigenvalue weighted by molar-refractivity contribution is -0.131. The molecule has 3 atom stereocenters. The van der Waals surface area contributed by atoms with Gasteiger partial charge in [-0.3, -0.25) is 9.80 Å². The Morgan fingerprint density at radius 1 is 1.11 bits per heavy atom. The van der Waals surface area contributed by atoms with Crippen molar-refractivity contribution in [2.75, 3.05) is 7.11 Å². The second kappa shape index (κ2) is 7.25. The lowest BCUT2D eigenvalue weighted by Gasteiger charge is -2.33. The van der Waals surface area contributed by atoms with Crippen LogP contribution in [-0.4, -0.2) is 30.2 Å². The molecule has 1 amide bonds. The molecule has 0 aliphatic carbocycles. The zero-order valence-corrected chi connectivity index (χ0v) is 16.0. The Morgan fingerprint density at radius 2 is 1.81 bits per heavy atom. The van der Waals surface area contributed by atoms with Crippen LogP contribution in [0.5, 0.6) is 5.75 Å². The van der Waals surface area contributed by atoms with E-state index in [9.17, 15) is 4.79 Å². The third kappa shape index (κ3) is 3.53. The number of carbonyl (C=O) groups excluding carboxylic acids is 1. The summed E-state index contributed by atoms with van der Waals surface area (Å²) in [6.45, 7) is 2.11. The topological polar surface area (TPSA) is 53.6 Å². The summed E-state index contributed by atoms with van der Waals surface area (Å²) in [5.74, 6) is 0.993. The fourth-order valence-corrected chi connectivity index (χ4v) is 3.87. The number of nitrogens with zero attached hydrogens (tertiary/aromatic N) is 1. The molecule has 0 aromatic heterocycles. The van der Waals surface area contributed by atoms with Gasteiger partial charge in [-0.15, -0.1) is 0 Å². The molecule has 2 aliphatic rings. The van der Waals surface area contributed by atoms with Crippen LogP contribution in [0.1, 0.15) is 18.1 Å². The smallest absolute Gasteiger partial charge is 0.264 e. The minimum absolute atomic E-state index is 0.0324. The van der Waals surface area contributed by atoms with E-state index >= 15 is 0 Å². The standard InChI is InChI=1S/C21H22ClN3O2/c1-13-18(11-14-3-7-16(22)8-4-14)21-23-19(12-20(26)25(21)24-13)15-5-9-17(27-2)10-6-15/h3-10,12-13,18,21,23-24H,11H2,1-2H3. The Bertz CT molecular complexity index is 864. The first-order chi connectivity index (χ1) is 13.0. The van der Waals surface area contributed by atoms with E-state index in [-0.39, 0.29) is 24.0 Å². The van der Waals surface area contributed by atoms with Gasteiger partial charge in [-0.2, -0.15) is 0 Å². The second-order valence-electron chi connectivity index (χ2n) is 7.00. The molecule has 4 rings (SSSR count). The normalized spacial score (nSPS) is 24.3. The minimum Gasteiger partial charge on any atom is -0.497 e. The molecule has 0 spiro atoms. The third-order valence-corrected chi connectivity index (χ3v) is 5.51. The number of amides is 1. The van der Waals surface area contributed by atoms with Crippen molar-refractivity contribution in [2.24, 2.45) is 5.92 Å². The summed E-state index contributed by atoms with van der Waals surface area (Å²) < 4.78 is 5.22. The maximum absolute atomic E-state index is 12.7. The van der Waals surface area contributed by atoms with E-state index in [1.54, 1.807) is 18.2 Å². The van der Waals surface area contributed by atoms with Crippen LogP contribution in [-0.2, 0) is 11.2 Å². The summed E-state index contributed by atoms with van der Waals surface area (Å²) in [4.78, 5) is 12.7. The molecule has 1 saturated heterocycles. The van der Waals surface area contributed by atoms with Crippen molar-refractivity contribution in [2.45, 2.75) is 25.6 Å². The maximum Gasteiger partial charge on any atom is 0.264 e. The van der Waals surface area contributed by atoms with E-state index in [0.29, 0.717) is 0 Å². The van der Waals surface area contributed by atoms with Crippen molar-refractivity contribution in [1.29, 1.82) is 0 Å². The van der Waals surface area contributed by atoms with Gasteiger partial charge < -0.3 is 10.1 Å². The molecule has 3 unspecified atom stereocenters. The highest BCUT2D eigenvalue weighted by Crippen LogP contribution is 2.30. The summed E-state index contributed by atoms with van der Waals surface area (Å²) in [7, 11) is 1.64. The molecule has 2 aromatic carbocycles. The van der Waals surface area contributed by atoms with Crippen LogP contribution < -0.4 is 15.5 Å². The van der Waals surface area contributed by atoms with Crippen LogP contribution in [0, 0.1) is 5.92 Å². The molecule has 5 nitrogen and oxygen atoms in total. The van der Waals surface area contributed by atoms with Crippen molar-refractivity contribution in [3.63, 3.8) is 0 Å². The largest absolute Gasteiger partial charge is 0.497 e. The van der Waals surface area contributed by atoms with Gasteiger partial charge >= 0.3 is 0 Å². The minimum atomic E-state index is -0.106. The lowest BCUT2D eigenvalue weighted by Crippen LogP contribution is -2.53. The number of halogens is 1. The number of methoxy groups -OCH3 is 1. The zero-order chi connectivity index (χ0) is 19.0. The predicted octanol–water partition coefficient (Wildman–Crippen LogP) is 3.21. The van der Waals surface area contributed by atoms with Crippen LogP contribution in [0.4, 0.5) is 0 Å². The van der Waals surface area contributed by atoms with Crippen LogP contribution in [0.2, 0.25) is 5.02 Å². The maximum atomic E-state index is 12.7. The Kier molecular flexibility index (Phi) is 4.81. The van der Waals surface area contributed by atoms with E-state index in [1.165, 1.54) is 5.56 Å². The molecule has 2 heterocycles. The molecule has 1 fully saturated rings. The molecular formula is C21H22ClN3O2. The first-order valence-corrected chi connectivity index (χ1v) is 9.39. The third-order valence-electron chi connectivity index (χ3n) is 5.26. The van der Waals surface area contributed by atoms with E-state index in [2.05, 4.69) is 17.7 Å².